The van der Waals surface area contributed by atoms with Crippen LogP contribution in [0.1, 0.15) is 42.0 Å². The lowest BCUT2D eigenvalue weighted by molar-refractivity contribution is 0.130. The van der Waals surface area contributed by atoms with Gasteiger partial charge in [-0.05, 0) is 43.4 Å². The number of hydrazine groups is 1. The summed E-state index contributed by atoms with van der Waals surface area (Å²) < 4.78 is 0. The van der Waals surface area contributed by atoms with Gasteiger partial charge in [-0.1, -0.05) is 24.6 Å². The van der Waals surface area contributed by atoms with Crippen LogP contribution in [0, 0.1) is 13.8 Å². The average Bonchev–Trinajstić information content (AvgIpc) is 2.41. The maximum Gasteiger partial charge on any atom is 0.0589 e. The van der Waals surface area contributed by atoms with E-state index in [0.29, 0.717) is 6.54 Å². The van der Waals surface area contributed by atoms with E-state index < -0.39 is 0 Å². The fraction of sp³-hybridized carbons (Fsp3) is 0.600. The van der Waals surface area contributed by atoms with Gasteiger partial charge < -0.3 is 5.73 Å². The third-order valence-electron chi connectivity index (χ3n) is 3.95. The number of piperidine rings is 1. The number of nitrogens with one attached hydrogen (secondary N) is 1. The van der Waals surface area contributed by atoms with Crippen molar-refractivity contribution in [2.75, 3.05) is 19.6 Å². The Labute approximate surface area is 110 Å². The van der Waals surface area contributed by atoms with Crippen LogP contribution in [-0.2, 0) is 0 Å². The molecule has 3 nitrogen and oxygen atoms in total. The van der Waals surface area contributed by atoms with Crippen LogP contribution >= 0.6 is 0 Å². The predicted molar refractivity (Wildman–Crippen MR) is 76.3 cm³/mol. The minimum Gasteiger partial charge on any atom is -0.329 e. The first kappa shape index (κ1) is 13.5. The molecule has 3 N–H and O–H groups in total. The fourth-order valence-electron chi connectivity index (χ4n) is 2.64. The van der Waals surface area contributed by atoms with Gasteiger partial charge in [-0.15, -0.1) is 0 Å². The van der Waals surface area contributed by atoms with E-state index in [1.165, 1.54) is 36.0 Å². The van der Waals surface area contributed by atoms with Gasteiger partial charge in [-0.25, -0.2) is 10.4 Å². The molecule has 0 aromatic heterocycles. The summed E-state index contributed by atoms with van der Waals surface area (Å²) in [6, 6.07) is 6.71. The topological polar surface area (TPSA) is 41.3 Å². The van der Waals surface area contributed by atoms with Gasteiger partial charge >= 0.3 is 0 Å². The molecular weight excluding hydrogens is 222 g/mol. The number of hydrogen-bond donors (Lipinski definition) is 2. The first-order valence-corrected chi connectivity index (χ1v) is 6.99. The van der Waals surface area contributed by atoms with Crippen LogP contribution in [0.15, 0.2) is 18.2 Å². The second-order valence-electron chi connectivity index (χ2n) is 5.25. The highest BCUT2D eigenvalue weighted by Crippen LogP contribution is 2.21. The quantitative estimate of drug-likeness (QED) is 0.858. The van der Waals surface area contributed by atoms with E-state index in [-0.39, 0.29) is 6.04 Å². The van der Waals surface area contributed by atoms with Crippen molar-refractivity contribution in [2.45, 2.75) is 39.2 Å². The maximum absolute atomic E-state index is 5.95. The molecule has 18 heavy (non-hydrogen) atoms. The molecule has 1 fully saturated rings. The molecule has 0 radical (unpaired) electrons. The maximum atomic E-state index is 5.95. The molecule has 1 unspecified atom stereocenters. The van der Waals surface area contributed by atoms with Crippen molar-refractivity contribution < 1.29 is 0 Å². The Bertz CT molecular complexity index is 383. The first-order chi connectivity index (χ1) is 8.72. The van der Waals surface area contributed by atoms with Gasteiger partial charge in [0.2, 0.25) is 0 Å². The molecule has 0 aliphatic carbocycles. The summed E-state index contributed by atoms with van der Waals surface area (Å²) in [4.78, 5) is 0. The summed E-state index contributed by atoms with van der Waals surface area (Å²) in [5, 5.41) is 2.34. The Kier molecular flexibility index (Phi) is 4.75. The Morgan fingerprint density at radius 3 is 2.61 bits per heavy atom. The summed E-state index contributed by atoms with van der Waals surface area (Å²) in [6.07, 6.45) is 3.93. The number of hydrogen-bond acceptors (Lipinski definition) is 3. The fourth-order valence-corrected chi connectivity index (χ4v) is 2.64. The number of benzene rings is 1. The lowest BCUT2D eigenvalue weighted by atomic mass is 9.98. The molecule has 0 saturated carbocycles. The average molecular weight is 247 g/mol. The summed E-state index contributed by atoms with van der Waals surface area (Å²) in [6.45, 7) is 7.27. The van der Waals surface area contributed by atoms with Gasteiger partial charge in [-0.3, -0.25) is 0 Å². The lowest BCUT2D eigenvalue weighted by Gasteiger charge is -2.32. The second kappa shape index (κ2) is 6.32. The Hall–Kier alpha value is -0.900. The highest BCUT2D eigenvalue weighted by Gasteiger charge is 2.17. The largest absolute Gasteiger partial charge is 0.329 e. The molecule has 1 aromatic rings. The molecule has 100 valence electrons. The second-order valence-corrected chi connectivity index (χ2v) is 5.25. The highest BCUT2D eigenvalue weighted by molar-refractivity contribution is 5.35. The highest BCUT2D eigenvalue weighted by atomic mass is 15.5. The molecule has 1 heterocycles. The normalized spacial score (nSPS) is 18.8. The molecule has 1 atom stereocenters. The molecule has 0 spiro atoms. The number of nitrogens with zero attached hydrogens (tertiary/aromatic N) is 1. The number of nitrogens with two attached hydrogens (primary N) is 1. The SMILES string of the molecule is Cc1cccc(C(CN)NN2CCCCC2)c1C. The van der Waals surface area contributed by atoms with E-state index in [2.05, 4.69) is 42.5 Å². The summed E-state index contributed by atoms with van der Waals surface area (Å²) in [5.41, 5.74) is 13.6. The molecule has 1 aliphatic heterocycles. The van der Waals surface area contributed by atoms with Crippen LogP contribution < -0.4 is 11.2 Å². The molecule has 0 bridgehead atoms. The van der Waals surface area contributed by atoms with Gasteiger partial charge in [-0.2, -0.15) is 0 Å². The molecule has 0 amide bonds. The summed E-state index contributed by atoms with van der Waals surface area (Å²) in [5.74, 6) is 0. The Morgan fingerprint density at radius 1 is 1.22 bits per heavy atom. The summed E-state index contributed by atoms with van der Waals surface area (Å²) in [7, 11) is 0. The number of rotatable bonds is 4. The Morgan fingerprint density at radius 2 is 1.94 bits per heavy atom. The third-order valence-corrected chi connectivity index (χ3v) is 3.95. The van der Waals surface area contributed by atoms with E-state index in [1.807, 2.05) is 0 Å². The van der Waals surface area contributed by atoms with Crippen LogP contribution in [0.5, 0.6) is 0 Å². The van der Waals surface area contributed by atoms with Gasteiger partial charge in [0.1, 0.15) is 0 Å². The van der Waals surface area contributed by atoms with Crippen molar-refractivity contribution in [3.8, 4) is 0 Å². The van der Waals surface area contributed by atoms with Crippen molar-refractivity contribution in [2.24, 2.45) is 5.73 Å². The first-order valence-electron chi connectivity index (χ1n) is 6.99. The van der Waals surface area contributed by atoms with Gasteiger partial charge in [0.25, 0.3) is 0 Å². The smallest absolute Gasteiger partial charge is 0.0589 e. The van der Waals surface area contributed by atoms with Crippen molar-refractivity contribution in [1.29, 1.82) is 0 Å². The van der Waals surface area contributed by atoms with Gasteiger partial charge in [0.05, 0.1) is 6.04 Å². The molecule has 2 rings (SSSR count). The zero-order valence-corrected chi connectivity index (χ0v) is 11.6. The van der Waals surface area contributed by atoms with Crippen LogP contribution in [0.3, 0.4) is 0 Å². The van der Waals surface area contributed by atoms with Gasteiger partial charge in [0.15, 0.2) is 0 Å². The van der Waals surface area contributed by atoms with Crippen molar-refractivity contribution in [3.05, 3.63) is 34.9 Å². The zero-order chi connectivity index (χ0) is 13.0. The van der Waals surface area contributed by atoms with E-state index in [0.717, 1.165) is 13.1 Å². The third kappa shape index (κ3) is 3.10. The standard InChI is InChI=1S/C15H25N3/c1-12-7-6-8-14(13(12)2)15(11-16)17-18-9-4-3-5-10-18/h6-8,15,17H,3-5,9-11,16H2,1-2H3. The predicted octanol–water partition coefficient (Wildman–Crippen LogP) is 2.29. The molecule has 1 saturated heterocycles. The molecule has 3 heteroatoms. The summed E-state index contributed by atoms with van der Waals surface area (Å²) >= 11 is 0. The van der Waals surface area contributed by atoms with Crippen LogP contribution in [0.2, 0.25) is 0 Å². The molecule has 1 aliphatic rings. The zero-order valence-electron chi connectivity index (χ0n) is 11.6. The van der Waals surface area contributed by atoms with Crippen molar-refractivity contribution in [1.82, 2.24) is 10.4 Å². The van der Waals surface area contributed by atoms with E-state index in [1.54, 1.807) is 0 Å². The molecular formula is C15H25N3. The van der Waals surface area contributed by atoms with Crippen LogP contribution in [0.25, 0.3) is 0 Å². The molecule has 1 aromatic carbocycles. The van der Waals surface area contributed by atoms with E-state index in [4.69, 9.17) is 5.73 Å². The van der Waals surface area contributed by atoms with Crippen molar-refractivity contribution >= 4 is 0 Å². The Balaban J connectivity index is 2.09. The van der Waals surface area contributed by atoms with Crippen molar-refractivity contribution in [3.63, 3.8) is 0 Å². The van der Waals surface area contributed by atoms with E-state index in [9.17, 15) is 0 Å². The minimum atomic E-state index is 0.239. The van der Waals surface area contributed by atoms with E-state index >= 15 is 0 Å². The van der Waals surface area contributed by atoms with Gasteiger partial charge in [0, 0.05) is 19.6 Å². The lowest BCUT2D eigenvalue weighted by Crippen LogP contribution is -2.45. The van der Waals surface area contributed by atoms with Crippen LogP contribution in [0.4, 0.5) is 0 Å². The monoisotopic (exact) mass is 247 g/mol. The minimum absolute atomic E-state index is 0.239. The van der Waals surface area contributed by atoms with Crippen LogP contribution in [-0.4, -0.2) is 24.6 Å². The number of aryl methyl sites for hydroxylation is 1.